The van der Waals surface area contributed by atoms with E-state index in [9.17, 15) is 13.2 Å². The van der Waals surface area contributed by atoms with Gasteiger partial charge in [-0.1, -0.05) is 29.8 Å². The Labute approximate surface area is 188 Å². The lowest BCUT2D eigenvalue weighted by molar-refractivity contribution is -0.127. The van der Waals surface area contributed by atoms with E-state index in [4.69, 9.17) is 16.3 Å². The normalized spacial score (nSPS) is 19.6. The van der Waals surface area contributed by atoms with Crippen LogP contribution in [0.5, 0.6) is 5.75 Å². The Morgan fingerprint density at radius 1 is 1.06 bits per heavy atom. The molecule has 2 aromatic rings. The molecule has 0 aromatic heterocycles. The van der Waals surface area contributed by atoms with Gasteiger partial charge in [-0.15, -0.1) is 0 Å². The first-order chi connectivity index (χ1) is 14.6. The highest BCUT2D eigenvalue weighted by molar-refractivity contribution is 7.92. The van der Waals surface area contributed by atoms with Gasteiger partial charge in [-0.25, -0.2) is 8.42 Å². The minimum absolute atomic E-state index is 0.00691. The zero-order chi connectivity index (χ0) is 22.4. The molecule has 0 saturated carbocycles. The van der Waals surface area contributed by atoms with Gasteiger partial charge in [-0.2, -0.15) is 0 Å². The minimum atomic E-state index is -3.72. The molecule has 2 aromatic carbocycles. The van der Waals surface area contributed by atoms with Crippen molar-refractivity contribution < 1.29 is 17.9 Å². The zero-order valence-electron chi connectivity index (χ0n) is 17.9. The van der Waals surface area contributed by atoms with Gasteiger partial charge in [-0.05, 0) is 75.6 Å². The molecule has 0 spiro atoms. The lowest BCUT2D eigenvalue weighted by Crippen LogP contribution is -2.42. The maximum Gasteiger partial charge on any atom is 0.236 e. The van der Waals surface area contributed by atoms with Crippen molar-refractivity contribution >= 4 is 33.0 Å². The van der Waals surface area contributed by atoms with E-state index in [1.54, 1.807) is 35.2 Å². The third-order valence-electron chi connectivity index (χ3n) is 6.21. The molecule has 0 atom stereocenters. The quantitative estimate of drug-likeness (QED) is 0.594. The van der Waals surface area contributed by atoms with Crippen LogP contribution in [-0.2, 0) is 19.4 Å². The molecule has 7 heteroatoms. The van der Waals surface area contributed by atoms with E-state index in [0.29, 0.717) is 41.4 Å². The lowest BCUT2D eigenvalue weighted by Gasteiger charge is -2.31. The summed E-state index contributed by atoms with van der Waals surface area (Å²) in [6.45, 7) is 6.38. The van der Waals surface area contributed by atoms with E-state index < -0.39 is 20.0 Å². The van der Waals surface area contributed by atoms with Crippen molar-refractivity contribution in [3.05, 3.63) is 65.2 Å². The van der Waals surface area contributed by atoms with Crippen LogP contribution in [0.3, 0.4) is 0 Å². The summed E-state index contributed by atoms with van der Waals surface area (Å²) in [6.07, 6.45) is 4.56. The fourth-order valence-corrected chi connectivity index (χ4v) is 6.47. The molecule has 0 unspecified atom stereocenters. The van der Waals surface area contributed by atoms with Crippen molar-refractivity contribution in [3.8, 4) is 5.75 Å². The Bertz CT molecular complexity index is 1140. The second kappa shape index (κ2) is 7.68. The number of hydrogen-bond donors (Lipinski definition) is 0. The average molecular weight is 460 g/mol. The molecule has 5 nitrogen and oxygen atoms in total. The van der Waals surface area contributed by atoms with Crippen molar-refractivity contribution in [2.24, 2.45) is 5.41 Å². The Balaban J connectivity index is 1.84. The molecule has 0 N–H and O–H groups in total. The summed E-state index contributed by atoms with van der Waals surface area (Å²) in [5.41, 5.74) is 0.665. The second-order valence-corrected chi connectivity index (χ2v) is 11.4. The number of carbonyl (C=O) groups excluding carboxylic acids is 1. The standard InChI is InChI=1S/C24H26ClNO4S/c1-4-26-20-12-7-17(15-21(20)30-16-23(2,3)22(26)27)24(13-5-6-14-24)31(28,29)19-10-8-18(25)9-11-19/h5-12,15H,4,13-14,16H2,1-3H3. The van der Waals surface area contributed by atoms with Crippen molar-refractivity contribution in [1.29, 1.82) is 0 Å². The number of sulfone groups is 1. The van der Waals surface area contributed by atoms with Crippen molar-refractivity contribution in [3.63, 3.8) is 0 Å². The van der Waals surface area contributed by atoms with Gasteiger partial charge >= 0.3 is 0 Å². The van der Waals surface area contributed by atoms with Gasteiger partial charge in [-0.3, -0.25) is 4.79 Å². The van der Waals surface area contributed by atoms with Crippen LogP contribution in [0.15, 0.2) is 59.5 Å². The van der Waals surface area contributed by atoms with Crippen LogP contribution in [0, 0.1) is 5.41 Å². The summed E-state index contributed by atoms with van der Waals surface area (Å²) in [5, 5.41) is 0.489. The largest absolute Gasteiger partial charge is 0.490 e. The monoisotopic (exact) mass is 459 g/mol. The molecule has 164 valence electrons. The smallest absolute Gasteiger partial charge is 0.236 e. The Kier molecular flexibility index (Phi) is 5.42. The fourth-order valence-electron chi connectivity index (χ4n) is 4.33. The Morgan fingerprint density at radius 2 is 1.71 bits per heavy atom. The number of halogens is 1. The topological polar surface area (TPSA) is 63.7 Å². The van der Waals surface area contributed by atoms with Crippen LogP contribution in [0.2, 0.25) is 5.02 Å². The first kappa shape index (κ1) is 21.9. The maximum atomic E-state index is 13.8. The highest BCUT2D eigenvalue weighted by Crippen LogP contribution is 2.48. The summed E-state index contributed by atoms with van der Waals surface area (Å²) in [4.78, 5) is 14.9. The van der Waals surface area contributed by atoms with Crippen molar-refractivity contribution in [1.82, 2.24) is 0 Å². The van der Waals surface area contributed by atoms with E-state index in [2.05, 4.69) is 0 Å². The van der Waals surface area contributed by atoms with Gasteiger partial charge in [0.1, 0.15) is 17.1 Å². The number of anilines is 1. The number of hydrogen-bond acceptors (Lipinski definition) is 4. The van der Waals surface area contributed by atoms with Gasteiger partial charge in [0.05, 0.1) is 16.0 Å². The number of ether oxygens (including phenoxy) is 1. The second-order valence-electron chi connectivity index (χ2n) is 8.74. The van der Waals surface area contributed by atoms with Crippen LogP contribution in [0.4, 0.5) is 5.69 Å². The Hall–Kier alpha value is -2.31. The molecular formula is C24H26ClNO4S. The van der Waals surface area contributed by atoms with E-state index in [1.807, 2.05) is 45.1 Å². The molecule has 1 amide bonds. The van der Waals surface area contributed by atoms with Gasteiger partial charge < -0.3 is 9.64 Å². The van der Waals surface area contributed by atoms with Crippen molar-refractivity contribution in [2.45, 2.75) is 43.3 Å². The van der Waals surface area contributed by atoms with E-state index in [0.717, 1.165) is 0 Å². The van der Waals surface area contributed by atoms with Gasteiger partial charge in [0.2, 0.25) is 5.91 Å². The predicted octanol–water partition coefficient (Wildman–Crippen LogP) is 5.13. The van der Waals surface area contributed by atoms with Crippen LogP contribution >= 0.6 is 11.6 Å². The molecule has 0 radical (unpaired) electrons. The minimum Gasteiger partial charge on any atom is -0.490 e. The summed E-state index contributed by atoms with van der Waals surface area (Å²) >= 11 is 5.97. The van der Waals surface area contributed by atoms with E-state index >= 15 is 0 Å². The fraction of sp³-hybridized carbons (Fsp3) is 0.375. The summed E-state index contributed by atoms with van der Waals surface area (Å²) in [5.74, 6) is 0.531. The number of benzene rings is 2. The van der Waals surface area contributed by atoms with E-state index in [1.165, 1.54) is 0 Å². The molecule has 1 heterocycles. The number of allylic oxidation sites excluding steroid dienone is 2. The van der Waals surface area contributed by atoms with Crippen LogP contribution < -0.4 is 9.64 Å². The van der Waals surface area contributed by atoms with Crippen LogP contribution in [-0.4, -0.2) is 27.5 Å². The third-order valence-corrected chi connectivity index (χ3v) is 8.95. The number of fused-ring (bicyclic) bond motifs is 1. The molecular weight excluding hydrogens is 434 g/mol. The molecule has 31 heavy (non-hydrogen) atoms. The first-order valence-corrected chi connectivity index (χ1v) is 12.2. The summed E-state index contributed by atoms with van der Waals surface area (Å²) in [7, 11) is -3.72. The summed E-state index contributed by atoms with van der Waals surface area (Å²) < 4.78 is 32.5. The number of rotatable bonds is 4. The number of nitrogens with zero attached hydrogens (tertiary/aromatic N) is 1. The molecule has 0 saturated heterocycles. The number of carbonyl (C=O) groups is 1. The van der Waals surface area contributed by atoms with Gasteiger partial charge in [0.25, 0.3) is 0 Å². The van der Waals surface area contributed by atoms with Crippen molar-refractivity contribution in [2.75, 3.05) is 18.1 Å². The predicted molar refractivity (Wildman–Crippen MR) is 122 cm³/mol. The molecule has 0 fully saturated rings. The molecule has 1 aliphatic heterocycles. The highest BCUT2D eigenvalue weighted by Gasteiger charge is 2.47. The molecule has 2 aliphatic rings. The first-order valence-electron chi connectivity index (χ1n) is 10.4. The van der Waals surface area contributed by atoms with Gasteiger partial charge in [0.15, 0.2) is 9.84 Å². The van der Waals surface area contributed by atoms with E-state index in [-0.39, 0.29) is 17.4 Å². The number of amides is 1. The summed E-state index contributed by atoms with van der Waals surface area (Å²) in [6, 6.07) is 11.7. The Morgan fingerprint density at radius 3 is 2.32 bits per heavy atom. The van der Waals surface area contributed by atoms with Gasteiger partial charge in [0, 0.05) is 11.6 Å². The average Bonchev–Trinajstić information content (AvgIpc) is 3.22. The van der Waals surface area contributed by atoms with Crippen LogP contribution in [0.25, 0.3) is 0 Å². The lowest BCUT2D eigenvalue weighted by atomic mass is 9.93. The highest BCUT2D eigenvalue weighted by atomic mass is 35.5. The zero-order valence-corrected chi connectivity index (χ0v) is 19.5. The third kappa shape index (κ3) is 3.46. The maximum absolute atomic E-state index is 13.8. The molecule has 1 aliphatic carbocycles. The molecule has 0 bridgehead atoms. The van der Waals surface area contributed by atoms with Crippen LogP contribution in [0.1, 0.15) is 39.2 Å². The SMILES string of the molecule is CCN1C(=O)C(C)(C)COc2cc(C3(S(=O)(=O)c4ccc(Cl)cc4)CC=CC3)ccc21. The molecule has 4 rings (SSSR count).